The Hall–Kier alpha value is -1.44. The second-order valence-electron chi connectivity index (χ2n) is 12.2. The van der Waals surface area contributed by atoms with Crippen LogP contribution in [0.25, 0.3) is 0 Å². The smallest absolute Gasteiger partial charge is 0.166 e. The zero-order valence-electron chi connectivity index (χ0n) is 28.8. The molecule has 0 aliphatic carbocycles. The molecule has 2 rings (SSSR count). The summed E-state index contributed by atoms with van der Waals surface area (Å²) in [5.74, 6) is 7.92. The van der Waals surface area contributed by atoms with Crippen LogP contribution in [0.5, 0.6) is 0 Å². The molecule has 4 N–H and O–H groups in total. The van der Waals surface area contributed by atoms with Crippen LogP contribution in [0.4, 0.5) is 0 Å². The Bertz CT molecular complexity index is 980. The summed E-state index contributed by atoms with van der Waals surface area (Å²) in [6, 6.07) is 8.30. The van der Waals surface area contributed by atoms with Crippen molar-refractivity contribution >= 4 is 58.2 Å². The SMILES string of the molecule is CN(C)Cc1ccc(CSCCNC(=S)NCCCCCCCCCCCCNC(=S)NCCSCc2ccc(CN(C)C)o2)o1. The summed E-state index contributed by atoms with van der Waals surface area (Å²) in [6.45, 7) is 5.33. The highest BCUT2D eigenvalue weighted by Crippen LogP contribution is 2.17. The maximum atomic E-state index is 5.86. The topological polar surface area (TPSA) is 80.9 Å². The fourth-order valence-electron chi connectivity index (χ4n) is 4.81. The van der Waals surface area contributed by atoms with Crippen molar-refractivity contribution in [1.29, 1.82) is 0 Å². The van der Waals surface area contributed by atoms with Gasteiger partial charge in [-0.15, -0.1) is 0 Å². The minimum absolute atomic E-state index is 0.769. The predicted octanol–water partition coefficient (Wildman–Crippen LogP) is 6.99. The molecule has 0 saturated heterocycles. The van der Waals surface area contributed by atoms with Crippen molar-refractivity contribution in [3.05, 3.63) is 47.3 Å². The lowest BCUT2D eigenvalue weighted by Gasteiger charge is -2.10. The molecule has 12 heteroatoms. The molecule has 46 heavy (non-hydrogen) atoms. The normalized spacial score (nSPS) is 11.3. The number of thiocarbonyl (C=S) groups is 2. The molecule has 0 fully saturated rings. The van der Waals surface area contributed by atoms with Crippen molar-refractivity contribution in [2.24, 2.45) is 0 Å². The third-order valence-corrected chi connectivity index (χ3v) is 9.65. The lowest BCUT2D eigenvalue weighted by Crippen LogP contribution is -2.36. The summed E-state index contributed by atoms with van der Waals surface area (Å²) < 4.78 is 11.7. The molecule has 0 aromatic carbocycles. The van der Waals surface area contributed by atoms with Crippen LogP contribution in [-0.2, 0) is 24.6 Å². The van der Waals surface area contributed by atoms with E-state index in [2.05, 4.69) is 83.5 Å². The first kappa shape index (κ1) is 40.7. The van der Waals surface area contributed by atoms with Crippen molar-refractivity contribution in [3.8, 4) is 0 Å². The molecule has 0 amide bonds. The van der Waals surface area contributed by atoms with Crippen LogP contribution in [-0.4, -0.2) is 85.9 Å². The fourth-order valence-corrected chi connectivity index (χ4v) is 6.71. The molecule has 2 aromatic heterocycles. The maximum absolute atomic E-state index is 5.86. The number of hydrogen-bond donors (Lipinski definition) is 4. The van der Waals surface area contributed by atoms with Crippen LogP contribution in [0.1, 0.15) is 87.2 Å². The Labute approximate surface area is 298 Å². The second kappa shape index (κ2) is 26.5. The average Bonchev–Trinajstić information content (AvgIpc) is 3.65. The van der Waals surface area contributed by atoms with E-state index in [4.69, 9.17) is 33.3 Å². The standard InChI is InChI=1S/C34H60N6O2S4/c1-39(2)25-29-15-17-31(41-29)27-45-23-21-37-33(43)35-19-13-11-9-7-5-6-8-10-12-14-20-36-34(44)38-22-24-46-28-32-18-16-30(42-32)26-40(3)4/h15-18H,5-14,19-28H2,1-4H3,(H2,35,37,43)(H2,36,38,44). The summed E-state index contributed by atoms with van der Waals surface area (Å²) in [4.78, 5) is 4.23. The molecule has 0 spiro atoms. The van der Waals surface area contributed by atoms with Gasteiger partial charge in [-0.2, -0.15) is 23.5 Å². The molecule has 0 aliphatic rings. The van der Waals surface area contributed by atoms with Gasteiger partial charge in [0.2, 0.25) is 0 Å². The van der Waals surface area contributed by atoms with Gasteiger partial charge >= 0.3 is 0 Å². The van der Waals surface area contributed by atoms with E-state index < -0.39 is 0 Å². The first-order chi connectivity index (χ1) is 22.3. The third kappa shape index (κ3) is 22.2. The summed E-state index contributed by atoms with van der Waals surface area (Å²) in [6.07, 6.45) is 12.9. The molecule has 0 radical (unpaired) electrons. The largest absolute Gasteiger partial charge is 0.464 e. The Morgan fingerprint density at radius 1 is 0.522 bits per heavy atom. The highest BCUT2D eigenvalue weighted by Gasteiger charge is 2.05. The van der Waals surface area contributed by atoms with Crippen LogP contribution in [0.2, 0.25) is 0 Å². The maximum Gasteiger partial charge on any atom is 0.166 e. The first-order valence-electron chi connectivity index (χ1n) is 17.0. The van der Waals surface area contributed by atoms with Gasteiger partial charge in [-0.25, -0.2) is 0 Å². The van der Waals surface area contributed by atoms with Gasteiger partial charge in [0.05, 0.1) is 24.6 Å². The Balaban J connectivity index is 1.26. The highest BCUT2D eigenvalue weighted by molar-refractivity contribution is 7.98. The van der Waals surface area contributed by atoms with Crippen LogP contribution in [0, 0.1) is 0 Å². The number of hydrogen-bond acceptors (Lipinski definition) is 8. The Kier molecular flexibility index (Phi) is 23.5. The second-order valence-corrected chi connectivity index (χ2v) is 15.2. The van der Waals surface area contributed by atoms with Gasteiger partial charge in [0.1, 0.15) is 23.0 Å². The molecule has 0 unspecified atom stereocenters. The van der Waals surface area contributed by atoms with Crippen molar-refractivity contribution in [1.82, 2.24) is 31.1 Å². The van der Waals surface area contributed by atoms with Gasteiger partial charge < -0.3 is 39.9 Å². The van der Waals surface area contributed by atoms with Crippen molar-refractivity contribution < 1.29 is 8.83 Å². The highest BCUT2D eigenvalue weighted by atomic mass is 32.2. The molecule has 0 atom stereocenters. The summed E-state index contributed by atoms with van der Waals surface area (Å²) >= 11 is 14.6. The molecule has 262 valence electrons. The number of furan rings is 2. The van der Waals surface area contributed by atoms with Gasteiger partial charge in [-0.05, 0) is 89.7 Å². The molecular formula is C34H60N6O2S4. The van der Waals surface area contributed by atoms with Gasteiger partial charge in [-0.3, -0.25) is 0 Å². The summed E-state index contributed by atoms with van der Waals surface area (Å²) in [5.41, 5.74) is 0. The van der Waals surface area contributed by atoms with E-state index in [0.29, 0.717) is 0 Å². The van der Waals surface area contributed by atoms with Crippen molar-refractivity contribution in [2.45, 2.75) is 88.8 Å². The zero-order valence-corrected chi connectivity index (χ0v) is 32.1. The van der Waals surface area contributed by atoms with Crippen LogP contribution < -0.4 is 21.3 Å². The lowest BCUT2D eigenvalue weighted by atomic mass is 10.1. The van der Waals surface area contributed by atoms with Gasteiger partial charge in [-0.1, -0.05) is 51.4 Å². The molecular weight excluding hydrogens is 653 g/mol. The monoisotopic (exact) mass is 712 g/mol. The van der Waals surface area contributed by atoms with Gasteiger partial charge in [0.15, 0.2) is 10.2 Å². The third-order valence-electron chi connectivity index (χ3n) is 7.11. The van der Waals surface area contributed by atoms with E-state index in [0.717, 1.165) is 95.5 Å². The predicted molar refractivity (Wildman–Crippen MR) is 208 cm³/mol. The van der Waals surface area contributed by atoms with Crippen LogP contribution >= 0.6 is 48.0 Å². The number of unbranched alkanes of at least 4 members (excludes halogenated alkanes) is 9. The van der Waals surface area contributed by atoms with E-state index in [-0.39, 0.29) is 0 Å². The fraction of sp³-hybridized carbons (Fsp3) is 0.706. The molecule has 0 bridgehead atoms. The van der Waals surface area contributed by atoms with Crippen molar-refractivity contribution in [2.75, 3.05) is 65.9 Å². The minimum atomic E-state index is 0.769. The quantitative estimate of drug-likeness (QED) is 0.0570. The summed E-state index contributed by atoms with van der Waals surface area (Å²) in [5, 5.41) is 14.9. The van der Waals surface area contributed by atoms with E-state index in [1.54, 1.807) is 0 Å². The summed E-state index contributed by atoms with van der Waals surface area (Å²) in [7, 11) is 8.20. The molecule has 2 aromatic rings. The number of nitrogens with one attached hydrogen (secondary N) is 4. The molecule has 8 nitrogen and oxygen atoms in total. The molecule has 0 aliphatic heterocycles. The van der Waals surface area contributed by atoms with Crippen LogP contribution in [0.15, 0.2) is 33.1 Å². The number of thioether (sulfide) groups is 2. The number of nitrogens with zero attached hydrogens (tertiary/aromatic N) is 2. The Morgan fingerprint density at radius 2 is 0.848 bits per heavy atom. The lowest BCUT2D eigenvalue weighted by molar-refractivity contribution is 0.344. The van der Waals surface area contributed by atoms with E-state index in [1.165, 1.54) is 64.2 Å². The molecule has 2 heterocycles. The zero-order chi connectivity index (χ0) is 33.2. The first-order valence-corrected chi connectivity index (χ1v) is 20.1. The number of rotatable bonds is 27. The molecule has 0 saturated carbocycles. The average molecular weight is 713 g/mol. The van der Waals surface area contributed by atoms with E-state index in [9.17, 15) is 0 Å². The van der Waals surface area contributed by atoms with E-state index >= 15 is 0 Å². The van der Waals surface area contributed by atoms with Crippen molar-refractivity contribution in [3.63, 3.8) is 0 Å². The van der Waals surface area contributed by atoms with E-state index in [1.807, 2.05) is 23.5 Å². The van der Waals surface area contributed by atoms with Crippen LogP contribution in [0.3, 0.4) is 0 Å². The van der Waals surface area contributed by atoms with Gasteiger partial charge in [0, 0.05) is 37.7 Å². The van der Waals surface area contributed by atoms with Gasteiger partial charge in [0.25, 0.3) is 0 Å². The minimum Gasteiger partial charge on any atom is -0.464 e. The Morgan fingerprint density at radius 3 is 1.22 bits per heavy atom.